The summed E-state index contributed by atoms with van der Waals surface area (Å²) in [5.41, 5.74) is 2.49. The van der Waals surface area contributed by atoms with Crippen LogP contribution in [0.3, 0.4) is 0 Å². The second kappa shape index (κ2) is 6.74. The molecule has 0 aliphatic carbocycles. The van der Waals surface area contributed by atoms with Gasteiger partial charge in [-0.05, 0) is 24.5 Å². The van der Waals surface area contributed by atoms with Crippen LogP contribution in [0.1, 0.15) is 34.8 Å². The van der Waals surface area contributed by atoms with Crippen molar-refractivity contribution < 1.29 is 9.84 Å². The number of fused-ring (bicyclic) bond motifs is 1. The van der Waals surface area contributed by atoms with Gasteiger partial charge in [-0.3, -0.25) is 4.90 Å². The Morgan fingerprint density at radius 2 is 1.96 bits per heavy atom. The highest BCUT2D eigenvalue weighted by atomic mass is 32.1. The molecule has 0 radical (unpaired) electrons. The summed E-state index contributed by atoms with van der Waals surface area (Å²) in [6.07, 6.45) is 1.02. The van der Waals surface area contributed by atoms with Crippen molar-refractivity contribution in [2.45, 2.75) is 26.3 Å². The van der Waals surface area contributed by atoms with E-state index in [1.54, 1.807) is 4.52 Å². The first-order valence-corrected chi connectivity index (χ1v) is 9.44. The van der Waals surface area contributed by atoms with Gasteiger partial charge in [-0.15, -0.1) is 5.10 Å². The Labute approximate surface area is 150 Å². The molecule has 0 spiro atoms. The fourth-order valence-electron chi connectivity index (χ4n) is 3.33. The number of morpholine rings is 1. The van der Waals surface area contributed by atoms with Crippen LogP contribution in [0, 0.1) is 6.92 Å². The maximum atomic E-state index is 10.8. The highest BCUT2D eigenvalue weighted by Gasteiger charge is 2.30. The molecule has 0 amide bonds. The summed E-state index contributed by atoms with van der Waals surface area (Å²) in [4.78, 5) is 8.39. The minimum atomic E-state index is -0.0105. The molecule has 1 fully saturated rings. The molecule has 6 nitrogen and oxygen atoms in total. The van der Waals surface area contributed by atoms with Gasteiger partial charge in [-0.25, -0.2) is 4.98 Å². The van der Waals surface area contributed by atoms with Crippen LogP contribution in [0.5, 0.6) is 5.88 Å². The lowest BCUT2D eigenvalue weighted by Crippen LogP contribution is -2.39. The van der Waals surface area contributed by atoms with Crippen LogP contribution in [0.15, 0.2) is 24.3 Å². The van der Waals surface area contributed by atoms with Gasteiger partial charge in [-0.2, -0.15) is 4.52 Å². The fourth-order valence-corrected chi connectivity index (χ4v) is 4.49. The summed E-state index contributed by atoms with van der Waals surface area (Å²) >= 11 is 1.51. The minimum absolute atomic E-state index is 0.0105. The molecule has 2 aromatic heterocycles. The standard InChI is InChI=1S/C18H22N4O2S/c1-3-13-4-6-14(7-5-13)15(21-8-10-24-11-9-21)16-17(23)22-18(25-16)19-12(2)20-22/h4-7,15,23H,3,8-11H2,1-2H3. The Hall–Kier alpha value is -1.96. The van der Waals surface area contributed by atoms with E-state index in [0.29, 0.717) is 19.0 Å². The maximum absolute atomic E-state index is 10.8. The molecule has 0 bridgehead atoms. The van der Waals surface area contributed by atoms with Gasteiger partial charge in [0.05, 0.1) is 24.1 Å². The van der Waals surface area contributed by atoms with Gasteiger partial charge in [0.25, 0.3) is 0 Å². The summed E-state index contributed by atoms with van der Waals surface area (Å²) < 4.78 is 7.06. The number of ether oxygens (including phenoxy) is 1. The zero-order valence-electron chi connectivity index (χ0n) is 14.5. The first-order chi connectivity index (χ1) is 12.2. The first kappa shape index (κ1) is 16.5. The number of hydrogen-bond donors (Lipinski definition) is 1. The van der Waals surface area contributed by atoms with E-state index < -0.39 is 0 Å². The zero-order chi connectivity index (χ0) is 17.4. The number of thiazole rings is 1. The van der Waals surface area contributed by atoms with E-state index in [1.807, 2.05) is 6.92 Å². The molecule has 25 heavy (non-hydrogen) atoms. The molecule has 4 rings (SSSR count). The number of aromatic hydroxyl groups is 1. The molecule has 1 aromatic carbocycles. The number of benzene rings is 1. The highest BCUT2D eigenvalue weighted by Crippen LogP contribution is 2.40. The fraction of sp³-hybridized carbons (Fsp3) is 0.444. The van der Waals surface area contributed by atoms with E-state index in [-0.39, 0.29) is 11.9 Å². The maximum Gasteiger partial charge on any atom is 0.230 e. The smallest absolute Gasteiger partial charge is 0.230 e. The molecular weight excluding hydrogens is 336 g/mol. The lowest BCUT2D eigenvalue weighted by molar-refractivity contribution is 0.0241. The monoisotopic (exact) mass is 358 g/mol. The van der Waals surface area contributed by atoms with Crippen LogP contribution in [-0.4, -0.2) is 50.9 Å². The van der Waals surface area contributed by atoms with Gasteiger partial charge < -0.3 is 9.84 Å². The van der Waals surface area contributed by atoms with Crippen molar-refractivity contribution in [2.75, 3.05) is 26.3 Å². The van der Waals surface area contributed by atoms with Crippen LogP contribution in [0.25, 0.3) is 4.96 Å². The molecule has 1 N–H and O–H groups in total. The Bertz CT molecular complexity index is 865. The van der Waals surface area contributed by atoms with E-state index >= 15 is 0 Å². The summed E-state index contributed by atoms with van der Waals surface area (Å²) in [6, 6.07) is 8.66. The van der Waals surface area contributed by atoms with E-state index in [9.17, 15) is 5.11 Å². The van der Waals surface area contributed by atoms with Crippen molar-refractivity contribution in [1.82, 2.24) is 19.5 Å². The normalized spacial score (nSPS) is 17.2. The summed E-state index contributed by atoms with van der Waals surface area (Å²) in [5, 5.41) is 15.1. The number of aryl methyl sites for hydroxylation is 2. The largest absolute Gasteiger partial charge is 0.492 e. The molecule has 1 aliphatic rings. The van der Waals surface area contributed by atoms with Gasteiger partial charge in [0.15, 0.2) is 0 Å². The Balaban J connectivity index is 1.80. The van der Waals surface area contributed by atoms with Crippen molar-refractivity contribution in [2.24, 2.45) is 0 Å². The van der Waals surface area contributed by atoms with Gasteiger partial charge in [0.1, 0.15) is 5.82 Å². The lowest BCUT2D eigenvalue weighted by Gasteiger charge is -2.34. The molecule has 0 saturated carbocycles. The molecule has 1 aliphatic heterocycles. The van der Waals surface area contributed by atoms with Crippen molar-refractivity contribution in [3.05, 3.63) is 46.1 Å². The first-order valence-electron chi connectivity index (χ1n) is 8.63. The molecule has 1 unspecified atom stereocenters. The molecule has 1 saturated heterocycles. The lowest BCUT2D eigenvalue weighted by atomic mass is 10.0. The van der Waals surface area contributed by atoms with Crippen LogP contribution >= 0.6 is 11.3 Å². The predicted octanol–water partition coefficient (Wildman–Crippen LogP) is 2.79. The average Bonchev–Trinajstić information content (AvgIpc) is 3.15. The second-order valence-corrected chi connectivity index (χ2v) is 7.30. The molecular formula is C18H22N4O2S. The van der Waals surface area contributed by atoms with Gasteiger partial charge >= 0.3 is 0 Å². The number of hydrogen-bond acceptors (Lipinski definition) is 6. The average molecular weight is 358 g/mol. The van der Waals surface area contributed by atoms with Crippen LogP contribution < -0.4 is 0 Å². The van der Waals surface area contributed by atoms with E-state index in [4.69, 9.17) is 4.74 Å². The van der Waals surface area contributed by atoms with Crippen molar-refractivity contribution in [3.8, 4) is 5.88 Å². The number of nitrogens with zero attached hydrogens (tertiary/aromatic N) is 4. The summed E-state index contributed by atoms with van der Waals surface area (Å²) in [6.45, 7) is 7.09. The summed E-state index contributed by atoms with van der Waals surface area (Å²) in [7, 11) is 0. The quantitative estimate of drug-likeness (QED) is 0.777. The van der Waals surface area contributed by atoms with Crippen molar-refractivity contribution >= 4 is 16.3 Å². The van der Waals surface area contributed by atoms with E-state index in [1.165, 1.54) is 22.5 Å². The molecule has 3 heterocycles. The Morgan fingerprint density at radius 1 is 1.24 bits per heavy atom. The topological polar surface area (TPSA) is 62.9 Å². The summed E-state index contributed by atoms with van der Waals surface area (Å²) in [5.74, 6) is 0.861. The van der Waals surface area contributed by atoms with Crippen LogP contribution in [0.4, 0.5) is 0 Å². The van der Waals surface area contributed by atoms with E-state index in [2.05, 4.69) is 46.2 Å². The number of rotatable bonds is 4. The Kier molecular flexibility index (Phi) is 4.45. The van der Waals surface area contributed by atoms with Gasteiger partial charge in [0.2, 0.25) is 10.8 Å². The SMILES string of the molecule is CCc1ccc(C(c2sc3nc(C)nn3c2O)N2CCOCC2)cc1. The van der Waals surface area contributed by atoms with Crippen molar-refractivity contribution in [1.29, 1.82) is 0 Å². The molecule has 3 aromatic rings. The molecule has 7 heteroatoms. The van der Waals surface area contributed by atoms with Gasteiger partial charge in [-0.1, -0.05) is 42.5 Å². The third-order valence-corrected chi connectivity index (χ3v) is 5.74. The van der Waals surface area contributed by atoms with Crippen molar-refractivity contribution in [3.63, 3.8) is 0 Å². The van der Waals surface area contributed by atoms with E-state index in [0.717, 1.165) is 29.3 Å². The molecule has 1 atom stereocenters. The zero-order valence-corrected chi connectivity index (χ0v) is 15.3. The predicted molar refractivity (Wildman–Crippen MR) is 97.3 cm³/mol. The van der Waals surface area contributed by atoms with Crippen LogP contribution in [-0.2, 0) is 11.2 Å². The Morgan fingerprint density at radius 3 is 2.60 bits per heavy atom. The van der Waals surface area contributed by atoms with Crippen LogP contribution in [0.2, 0.25) is 0 Å². The third kappa shape index (κ3) is 3.03. The molecule has 132 valence electrons. The highest BCUT2D eigenvalue weighted by molar-refractivity contribution is 7.17. The van der Waals surface area contributed by atoms with Gasteiger partial charge in [0, 0.05) is 13.1 Å². The minimum Gasteiger partial charge on any atom is -0.492 e. The number of aromatic nitrogens is 3. The third-order valence-electron chi connectivity index (χ3n) is 4.67. The second-order valence-electron chi connectivity index (χ2n) is 6.29.